The van der Waals surface area contributed by atoms with Gasteiger partial charge in [0, 0.05) is 45.5 Å². The average Bonchev–Trinajstić information content (AvgIpc) is 3.01. The zero-order valence-electron chi connectivity index (χ0n) is 12.1. The molecule has 1 aliphatic rings. The lowest BCUT2D eigenvalue weighted by Crippen LogP contribution is -2.29. The molecule has 0 bridgehead atoms. The number of rotatable bonds is 8. The number of carbonyl (C=O) groups is 1. The highest BCUT2D eigenvalue weighted by Crippen LogP contribution is 2.18. The molecule has 1 N–H and O–H groups in total. The summed E-state index contributed by atoms with van der Waals surface area (Å²) < 4.78 is 10.1. The van der Waals surface area contributed by atoms with E-state index in [1.807, 2.05) is 4.90 Å². The highest BCUT2D eigenvalue weighted by molar-refractivity contribution is 5.78. The zero-order valence-corrected chi connectivity index (χ0v) is 12.1. The first-order valence-corrected chi connectivity index (χ1v) is 7.06. The molecule has 112 valence electrons. The Hall–Kier alpha value is -1.63. The minimum Gasteiger partial charge on any atom is -0.383 e. The van der Waals surface area contributed by atoms with Crippen LogP contribution in [0.3, 0.4) is 0 Å². The molecule has 0 radical (unpaired) electrons. The number of carbonyl (C=O) groups excluding carboxylic acids is 1. The van der Waals surface area contributed by atoms with Crippen molar-refractivity contribution in [3.8, 4) is 0 Å². The quantitative estimate of drug-likeness (QED) is 0.764. The number of nitrogens with zero attached hydrogens (tertiary/aromatic N) is 3. The summed E-state index contributed by atoms with van der Waals surface area (Å²) in [5.74, 6) is 1.64. The van der Waals surface area contributed by atoms with Gasteiger partial charge in [-0.1, -0.05) is 6.92 Å². The summed E-state index contributed by atoms with van der Waals surface area (Å²) in [6.07, 6.45) is 2.34. The third-order valence-corrected chi connectivity index (χ3v) is 3.34. The Labute approximate surface area is 118 Å². The van der Waals surface area contributed by atoms with E-state index < -0.39 is 0 Å². The van der Waals surface area contributed by atoms with Crippen molar-refractivity contribution in [3.63, 3.8) is 0 Å². The summed E-state index contributed by atoms with van der Waals surface area (Å²) in [4.78, 5) is 17.9. The van der Waals surface area contributed by atoms with E-state index in [1.165, 1.54) is 0 Å². The molecule has 0 saturated carbocycles. The average molecular weight is 282 g/mol. The van der Waals surface area contributed by atoms with Gasteiger partial charge in [0.05, 0.1) is 6.61 Å². The van der Waals surface area contributed by atoms with Crippen LogP contribution < -0.4 is 5.32 Å². The maximum atomic E-state index is 11.8. The zero-order chi connectivity index (χ0) is 14.4. The summed E-state index contributed by atoms with van der Waals surface area (Å²) in [6, 6.07) is 0. The van der Waals surface area contributed by atoms with Crippen molar-refractivity contribution < 1.29 is 14.1 Å². The Morgan fingerprint density at radius 2 is 2.40 bits per heavy atom. The summed E-state index contributed by atoms with van der Waals surface area (Å²) in [5, 5.41) is 7.00. The van der Waals surface area contributed by atoms with Crippen LogP contribution in [0.4, 0.5) is 5.95 Å². The second-order valence-corrected chi connectivity index (χ2v) is 5.05. The van der Waals surface area contributed by atoms with Crippen LogP contribution >= 0.6 is 0 Å². The molecule has 0 aromatic carbocycles. The molecule has 1 aliphatic heterocycles. The number of aromatic nitrogens is 2. The lowest BCUT2D eigenvalue weighted by Gasteiger charge is -2.15. The van der Waals surface area contributed by atoms with Gasteiger partial charge in [-0.2, -0.15) is 4.98 Å². The number of hydrogen-bond acceptors (Lipinski definition) is 6. The molecule has 1 atom stereocenters. The molecule has 1 aromatic rings. The number of ether oxygens (including phenoxy) is 1. The van der Waals surface area contributed by atoms with Crippen LogP contribution in [0.5, 0.6) is 0 Å². The molecular formula is C13H22N4O3. The van der Waals surface area contributed by atoms with E-state index in [0.717, 1.165) is 19.4 Å². The standard InChI is InChI=1S/C13H22N4O3/c1-3-4-11-15-13(16-20-11)14-8-10-7-12(18)17(9-10)5-6-19-2/h10H,3-9H2,1-2H3,(H,14,16). The lowest BCUT2D eigenvalue weighted by atomic mass is 10.1. The Morgan fingerprint density at radius 3 is 3.15 bits per heavy atom. The minimum atomic E-state index is 0.189. The van der Waals surface area contributed by atoms with E-state index in [2.05, 4.69) is 22.4 Å². The van der Waals surface area contributed by atoms with Gasteiger partial charge in [0.1, 0.15) is 0 Å². The van der Waals surface area contributed by atoms with Gasteiger partial charge >= 0.3 is 0 Å². The summed E-state index contributed by atoms with van der Waals surface area (Å²) >= 11 is 0. The molecule has 7 nitrogen and oxygen atoms in total. The van der Waals surface area contributed by atoms with Gasteiger partial charge in [0.2, 0.25) is 11.8 Å². The first-order valence-electron chi connectivity index (χ1n) is 7.06. The first kappa shape index (κ1) is 14.8. The van der Waals surface area contributed by atoms with Crippen molar-refractivity contribution in [3.05, 3.63) is 5.89 Å². The molecule has 1 fully saturated rings. The SMILES string of the molecule is CCCc1nc(NCC2CC(=O)N(CCOC)C2)no1. The highest BCUT2D eigenvalue weighted by atomic mass is 16.5. The molecule has 0 spiro atoms. The van der Waals surface area contributed by atoms with Crippen LogP contribution in [0.25, 0.3) is 0 Å². The van der Waals surface area contributed by atoms with Crippen LogP contribution in [0.1, 0.15) is 25.7 Å². The van der Waals surface area contributed by atoms with E-state index in [0.29, 0.717) is 38.0 Å². The van der Waals surface area contributed by atoms with Crippen LogP contribution in [0, 0.1) is 5.92 Å². The fourth-order valence-electron chi connectivity index (χ4n) is 2.29. The third kappa shape index (κ3) is 3.93. The van der Waals surface area contributed by atoms with Crippen molar-refractivity contribution in [2.75, 3.05) is 38.7 Å². The molecule has 2 rings (SSSR count). The number of amides is 1. The van der Waals surface area contributed by atoms with Crippen molar-refractivity contribution in [2.45, 2.75) is 26.2 Å². The number of methoxy groups -OCH3 is 1. The number of aryl methyl sites for hydroxylation is 1. The summed E-state index contributed by atoms with van der Waals surface area (Å²) in [7, 11) is 1.64. The molecule has 0 aliphatic carbocycles. The molecule has 20 heavy (non-hydrogen) atoms. The van der Waals surface area contributed by atoms with E-state index >= 15 is 0 Å². The van der Waals surface area contributed by atoms with Crippen molar-refractivity contribution in [1.82, 2.24) is 15.0 Å². The summed E-state index contributed by atoms with van der Waals surface area (Å²) in [5.41, 5.74) is 0. The number of likely N-dealkylation sites (tertiary alicyclic amines) is 1. The van der Waals surface area contributed by atoms with Gasteiger partial charge in [-0.3, -0.25) is 4.79 Å². The molecular weight excluding hydrogens is 260 g/mol. The fourth-order valence-corrected chi connectivity index (χ4v) is 2.29. The number of nitrogens with one attached hydrogen (secondary N) is 1. The Bertz CT molecular complexity index is 435. The predicted molar refractivity (Wildman–Crippen MR) is 73.3 cm³/mol. The molecule has 1 aromatic heterocycles. The van der Waals surface area contributed by atoms with Crippen molar-refractivity contribution in [2.24, 2.45) is 5.92 Å². The monoisotopic (exact) mass is 282 g/mol. The summed E-state index contributed by atoms with van der Waals surface area (Å²) in [6.45, 7) is 4.75. The largest absolute Gasteiger partial charge is 0.383 e. The predicted octanol–water partition coefficient (Wildman–Crippen LogP) is 0.929. The van der Waals surface area contributed by atoms with Gasteiger partial charge in [0.25, 0.3) is 5.95 Å². The van der Waals surface area contributed by atoms with Gasteiger partial charge in [0.15, 0.2) is 0 Å². The van der Waals surface area contributed by atoms with Gasteiger partial charge in [-0.05, 0) is 11.6 Å². The molecule has 1 saturated heterocycles. The second kappa shape index (κ2) is 7.23. The van der Waals surface area contributed by atoms with Crippen molar-refractivity contribution >= 4 is 11.9 Å². The Balaban J connectivity index is 1.75. The Morgan fingerprint density at radius 1 is 1.55 bits per heavy atom. The van der Waals surface area contributed by atoms with Crippen LogP contribution in [-0.4, -0.2) is 54.3 Å². The van der Waals surface area contributed by atoms with Crippen LogP contribution in [-0.2, 0) is 16.0 Å². The number of anilines is 1. The van der Waals surface area contributed by atoms with E-state index in [4.69, 9.17) is 9.26 Å². The normalized spacial score (nSPS) is 18.8. The van der Waals surface area contributed by atoms with Gasteiger partial charge in [-0.15, -0.1) is 0 Å². The van der Waals surface area contributed by atoms with E-state index in [-0.39, 0.29) is 11.8 Å². The maximum Gasteiger partial charge on any atom is 0.263 e. The highest BCUT2D eigenvalue weighted by Gasteiger charge is 2.29. The lowest BCUT2D eigenvalue weighted by molar-refractivity contribution is -0.128. The molecule has 1 amide bonds. The van der Waals surface area contributed by atoms with Gasteiger partial charge in [-0.25, -0.2) is 0 Å². The van der Waals surface area contributed by atoms with Crippen molar-refractivity contribution in [1.29, 1.82) is 0 Å². The maximum absolute atomic E-state index is 11.8. The third-order valence-electron chi connectivity index (χ3n) is 3.34. The topological polar surface area (TPSA) is 80.5 Å². The van der Waals surface area contributed by atoms with Crippen LogP contribution in [0.15, 0.2) is 4.52 Å². The first-order chi connectivity index (χ1) is 9.72. The number of hydrogen-bond donors (Lipinski definition) is 1. The van der Waals surface area contributed by atoms with Crippen LogP contribution in [0.2, 0.25) is 0 Å². The smallest absolute Gasteiger partial charge is 0.263 e. The second-order valence-electron chi connectivity index (χ2n) is 5.05. The minimum absolute atomic E-state index is 0.189. The fraction of sp³-hybridized carbons (Fsp3) is 0.769. The van der Waals surface area contributed by atoms with Gasteiger partial charge < -0.3 is 19.5 Å². The Kier molecular flexibility index (Phi) is 5.34. The van der Waals surface area contributed by atoms with E-state index in [1.54, 1.807) is 7.11 Å². The van der Waals surface area contributed by atoms with E-state index in [9.17, 15) is 4.79 Å². The molecule has 2 heterocycles. The molecule has 1 unspecified atom stereocenters. The molecule has 7 heteroatoms.